The molecule has 1 fully saturated rings. The third-order valence-electron chi connectivity index (χ3n) is 4.73. The van der Waals surface area contributed by atoms with Crippen LogP contribution in [0.25, 0.3) is 0 Å². The van der Waals surface area contributed by atoms with Gasteiger partial charge in [-0.2, -0.15) is 0 Å². The number of halogens is 1. The van der Waals surface area contributed by atoms with E-state index in [1.54, 1.807) is 0 Å². The van der Waals surface area contributed by atoms with Crippen molar-refractivity contribution >= 4 is 11.6 Å². The van der Waals surface area contributed by atoms with Crippen LogP contribution in [0.4, 0.5) is 0 Å². The normalized spacial score (nSPS) is 23.8. The first kappa shape index (κ1) is 16.6. The lowest BCUT2D eigenvalue weighted by Gasteiger charge is -2.29. The number of nitrogens with two attached hydrogens (primary N) is 1. The summed E-state index contributed by atoms with van der Waals surface area (Å²) in [5, 5.41) is 0.777. The first-order valence-electron chi connectivity index (χ1n) is 8.33. The molecule has 3 heteroatoms. The van der Waals surface area contributed by atoms with Crippen molar-refractivity contribution < 1.29 is 4.74 Å². The molecule has 1 atom stereocenters. The van der Waals surface area contributed by atoms with Crippen molar-refractivity contribution in [3.8, 4) is 5.75 Å². The Kier molecular flexibility index (Phi) is 6.38. The molecule has 2 rings (SSSR count). The van der Waals surface area contributed by atoms with E-state index in [2.05, 4.69) is 13.8 Å². The van der Waals surface area contributed by atoms with Crippen molar-refractivity contribution in [3.63, 3.8) is 0 Å². The SMILES string of the molecule is CCC(N)Cc1c(Cl)cccc1OC1CCC(CC)CC1. The van der Waals surface area contributed by atoms with Crippen molar-refractivity contribution in [1.82, 2.24) is 0 Å². The maximum Gasteiger partial charge on any atom is 0.124 e. The van der Waals surface area contributed by atoms with Gasteiger partial charge in [0.25, 0.3) is 0 Å². The van der Waals surface area contributed by atoms with Gasteiger partial charge in [0.15, 0.2) is 0 Å². The average Bonchev–Trinajstić information content (AvgIpc) is 2.51. The molecule has 0 aromatic heterocycles. The summed E-state index contributed by atoms with van der Waals surface area (Å²) in [6.07, 6.45) is 8.25. The molecule has 21 heavy (non-hydrogen) atoms. The van der Waals surface area contributed by atoms with Gasteiger partial charge >= 0.3 is 0 Å². The van der Waals surface area contributed by atoms with Crippen molar-refractivity contribution in [2.24, 2.45) is 11.7 Å². The lowest BCUT2D eigenvalue weighted by molar-refractivity contribution is 0.128. The second-order valence-corrected chi connectivity index (χ2v) is 6.67. The molecule has 0 bridgehead atoms. The second-order valence-electron chi connectivity index (χ2n) is 6.26. The van der Waals surface area contributed by atoms with Crippen LogP contribution >= 0.6 is 11.6 Å². The van der Waals surface area contributed by atoms with Crippen LogP contribution in [-0.4, -0.2) is 12.1 Å². The van der Waals surface area contributed by atoms with E-state index in [1.807, 2.05) is 18.2 Å². The highest BCUT2D eigenvalue weighted by Crippen LogP contribution is 2.33. The lowest BCUT2D eigenvalue weighted by Crippen LogP contribution is -2.26. The summed E-state index contributed by atoms with van der Waals surface area (Å²) in [7, 11) is 0. The molecule has 0 radical (unpaired) electrons. The molecule has 1 saturated carbocycles. The Balaban J connectivity index is 2.04. The van der Waals surface area contributed by atoms with Gasteiger partial charge in [-0.25, -0.2) is 0 Å². The van der Waals surface area contributed by atoms with E-state index in [9.17, 15) is 0 Å². The lowest BCUT2D eigenvalue weighted by atomic mass is 9.86. The summed E-state index contributed by atoms with van der Waals surface area (Å²) in [5.74, 6) is 1.82. The number of hydrogen-bond donors (Lipinski definition) is 1. The maximum atomic E-state index is 6.36. The fraction of sp³-hybridized carbons (Fsp3) is 0.667. The Bertz CT molecular complexity index is 441. The minimum atomic E-state index is 0.142. The molecule has 0 aliphatic heterocycles. The summed E-state index contributed by atoms with van der Waals surface area (Å²) in [6.45, 7) is 4.39. The predicted molar refractivity (Wildman–Crippen MR) is 90.1 cm³/mol. The molecule has 1 unspecified atom stereocenters. The highest BCUT2D eigenvalue weighted by atomic mass is 35.5. The van der Waals surface area contributed by atoms with E-state index in [-0.39, 0.29) is 6.04 Å². The van der Waals surface area contributed by atoms with Gasteiger partial charge in [0.05, 0.1) is 6.10 Å². The Morgan fingerprint density at radius 1 is 1.24 bits per heavy atom. The minimum Gasteiger partial charge on any atom is -0.490 e. The van der Waals surface area contributed by atoms with Crippen molar-refractivity contribution in [1.29, 1.82) is 0 Å². The Morgan fingerprint density at radius 2 is 1.95 bits per heavy atom. The van der Waals surface area contributed by atoms with Crippen molar-refractivity contribution in [3.05, 3.63) is 28.8 Å². The molecule has 1 aromatic rings. The molecule has 0 amide bonds. The highest BCUT2D eigenvalue weighted by Gasteiger charge is 2.22. The highest BCUT2D eigenvalue weighted by molar-refractivity contribution is 6.31. The average molecular weight is 310 g/mol. The quantitative estimate of drug-likeness (QED) is 0.805. The van der Waals surface area contributed by atoms with Gasteiger partial charge in [-0.05, 0) is 56.6 Å². The van der Waals surface area contributed by atoms with Crippen molar-refractivity contribution in [2.45, 2.75) is 70.9 Å². The van der Waals surface area contributed by atoms with Crippen LogP contribution in [0.15, 0.2) is 18.2 Å². The molecule has 0 heterocycles. The van der Waals surface area contributed by atoms with Gasteiger partial charge in [-0.3, -0.25) is 0 Å². The van der Waals surface area contributed by atoms with E-state index >= 15 is 0 Å². The number of rotatable bonds is 6. The maximum absolute atomic E-state index is 6.36. The van der Waals surface area contributed by atoms with E-state index in [0.29, 0.717) is 6.10 Å². The van der Waals surface area contributed by atoms with Gasteiger partial charge in [0.1, 0.15) is 5.75 Å². The van der Waals surface area contributed by atoms with Crippen LogP contribution in [0, 0.1) is 5.92 Å². The molecule has 2 nitrogen and oxygen atoms in total. The number of ether oxygens (including phenoxy) is 1. The molecular formula is C18H28ClNO. The monoisotopic (exact) mass is 309 g/mol. The minimum absolute atomic E-state index is 0.142. The Morgan fingerprint density at radius 3 is 2.57 bits per heavy atom. The van der Waals surface area contributed by atoms with Crippen LogP contribution in [-0.2, 0) is 6.42 Å². The summed E-state index contributed by atoms with van der Waals surface area (Å²) >= 11 is 6.36. The number of hydrogen-bond acceptors (Lipinski definition) is 2. The van der Waals surface area contributed by atoms with Crippen LogP contribution < -0.4 is 10.5 Å². The first-order chi connectivity index (χ1) is 10.1. The summed E-state index contributed by atoms with van der Waals surface area (Å²) in [6, 6.07) is 6.08. The zero-order chi connectivity index (χ0) is 15.2. The standard InChI is InChI=1S/C18H28ClNO/c1-3-13-8-10-15(11-9-13)21-18-7-5-6-17(19)16(18)12-14(20)4-2/h5-7,13-15H,3-4,8-12,20H2,1-2H3. The molecule has 1 aliphatic carbocycles. The van der Waals surface area contributed by atoms with Crippen LogP contribution in [0.1, 0.15) is 57.9 Å². The van der Waals surface area contributed by atoms with Gasteiger partial charge in [-0.15, -0.1) is 0 Å². The molecule has 1 aliphatic rings. The zero-order valence-electron chi connectivity index (χ0n) is 13.3. The molecular weight excluding hydrogens is 282 g/mol. The van der Waals surface area contributed by atoms with E-state index < -0.39 is 0 Å². The Labute approximate surface area is 134 Å². The number of benzene rings is 1. The molecule has 0 saturated heterocycles. The molecule has 0 spiro atoms. The smallest absolute Gasteiger partial charge is 0.124 e. The fourth-order valence-electron chi connectivity index (χ4n) is 3.09. The second kappa shape index (κ2) is 8.05. The van der Waals surface area contributed by atoms with Gasteiger partial charge in [0.2, 0.25) is 0 Å². The van der Waals surface area contributed by atoms with Gasteiger partial charge in [-0.1, -0.05) is 37.9 Å². The fourth-order valence-corrected chi connectivity index (χ4v) is 3.33. The summed E-state index contributed by atoms with van der Waals surface area (Å²) in [5.41, 5.74) is 7.17. The Hall–Kier alpha value is -0.730. The van der Waals surface area contributed by atoms with Crippen molar-refractivity contribution in [2.75, 3.05) is 0 Å². The van der Waals surface area contributed by atoms with Crippen LogP contribution in [0.5, 0.6) is 5.75 Å². The first-order valence-corrected chi connectivity index (χ1v) is 8.71. The van der Waals surface area contributed by atoms with Crippen LogP contribution in [0.3, 0.4) is 0 Å². The van der Waals surface area contributed by atoms with Gasteiger partial charge in [0, 0.05) is 16.6 Å². The van der Waals surface area contributed by atoms with E-state index in [1.165, 1.54) is 19.3 Å². The third-order valence-corrected chi connectivity index (χ3v) is 5.09. The summed E-state index contributed by atoms with van der Waals surface area (Å²) in [4.78, 5) is 0. The third kappa shape index (κ3) is 4.62. The van der Waals surface area contributed by atoms with E-state index in [4.69, 9.17) is 22.1 Å². The van der Waals surface area contributed by atoms with E-state index in [0.717, 1.165) is 47.9 Å². The largest absolute Gasteiger partial charge is 0.490 e. The summed E-state index contributed by atoms with van der Waals surface area (Å²) < 4.78 is 6.27. The molecule has 1 aromatic carbocycles. The van der Waals surface area contributed by atoms with Gasteiger partial charge < -0.3 is 10.5 Å². The molecule has 2 N–H and O–H groups in total. The topological polar surface area (TPSA) is 35.2 Å². The molecule has 118 valence electrons. The predicted octanol–water partition coefficient (Wildman–Crippen LogP) is 4.97. The van der Waals surface area contributed by atoms with Crippen LogP contribution in [0.2, 0.25) is 5.02 Å². The zero-order valence-corrected chi connectivity index (χ0v) is 14.0.